The molecule has 1 fully saturated rings. The summed E-state index contributed by atoms with van der Waals surface area (Å²) in [5, 5.41) is 0. The number of rotatable bonds is 8. The zero-order valence-electron chi connectivity index (χ0n) is 16.7. The first kappa shape index (κ1) is 20.1. The van der Waals surface area contributed by atoms with Gasteiger partial charge in [-0.3, -0.25) is 4.79 Å². The average Bonchev–Trinajstić information content (AvgIpc) is 3.47. The lowest BCUT2D eigenvalue weighted by molar-refractivity contribution is -0.119. The summed E-state index contributed by atoms with van der Waals surface area (Å²) in [5.74, 6) is 0.345. The quantitative estimate of drug-likeness (QED) is 0.722. The summed E-state index contributed by atoms with van der Waals surface area (Å²) in [7, 11) is -1.60. The van der Waals surface area contributed by atoms with Crippen molar-refractivity contribution in [3.8, 4) is 0 Å². The van der Waals surface area contributed by atoms with E-state index < -0.39 is 10.0 Å². The predicted octanol–water partition coefficient (Wildman–Crippen LogP) is 2.40. The van der Waals surface area contributed by atoms with Gasteiger partial charge in [-0.05, 0) is 55.6 Å². The fourth-order valence-electron chi connectivity index (χ4n) is 3.75. The van der Waals surface area contributed by atoms with Gasteiger partial charge in [0.15, 0.2) is 0 Å². The molecule has 1 saturated carbocycles. The van der Waals surface area contributed by atoms with E-state index >= 15 is 0 Å². The van der Waals surface area contributed by atoms with Gasteiger partial charge < -0.3 is 9.80 Å². The maximum atomic E-state index is 12.7. The van der Waals surface area contributed by atoms with Crippen LogP contribution in [0.15, 0.2) is 53.4 Å². The first-order chi connectivity index (χ1) is 13.9. The monoisotopic (exact) mass is 413 g/mol. The van der Waals surface area contributed by atoms with Crippen LogP contribution in [0, 0.1) is 5.92 Å². The van der Waals surface area contributed by atoms with Gasteiger partial charge in [0, 0.05) is 37.8 Å². The second kappa shape index (κ2) is 8.26. The topological polar surface area (TPSA) is 69.7 Å². The number of amides is 1. The van der Waals surface area contributed by atoms with E-state index in [1.807, 2.05) is 30.1 Å². The van der Waals surface area contributed by atoms with Crippen molar-refractivity contribution in [2.75, 3.05) is 31.6 Å². The number of benzene rings is 2. The van der Waals surface area contributed by atoms with E-state index in [0.29, 0.717) is 26.1 Å². The Morgan fingerprint density at radius 1 is 1.17 bits per heavy atom. The van der Waals surface area contributed by atoms with Crippen LogP contribution in [-0.2, 0) is 27.8 Å². The maximum absolute atomic E-state index is 12.7. The molecule has 0 bridgehead atoms. The van der Waals surface area contributed by atoms with Crippen LogP contribution in [-0.4, -0.2) is 45.9 Å². The van der Waals surface area contributed by atoms with Crippen molar-refractivity contribution in [2.45, 2.75) is 30.7 Å². The third kappa shape index (κ3) is 4.69. The number of sulfonamides is 1. The number of hydrogen-bond acceptors (Lipinski definition) is 4. The zero-order valence-corrected chi connectivity index (χ0v) is 17.5. The van der Waals surface area contributed by atoms with E-state index in [2.05, 4.69) is 21.8 Å². The van der Waals surface area contributed by atoms with Crippen LogP contribution in [0.4, 0.5) is 5.69 Å². The molecule has 0 unspecified atom stereocenters. The van der Waals surface area contributed by atoms with Gasteiger partial charge in [-0.2, -0.15) is 0 Å². The highest BCUT2D eigenvalue weighted by Gasteiger charge is 2.36. The van der Waals surface area contributed by atoms with Crippen LogP contribution in [0.5, 0.6) is 0 Å². The number of fused-ring (bicyclic) bond motifs is 1. The number of anilines is 1. The molecule has 2 aromatic carbocycles. The Balaban J connectivity index is 1.35. The Hall–Kier alpha value is -2.22. The minimum atomic E-state index is -3.57. The molecular weight excluding hydrogens is 386 g/mol. The van der Waals surface area contributed by atoms with Crippen molar-refractivity contribution in [2.24, 2.45) is 5.92 Å². The molecule has 29 heavy (non-hydrogen) atoms. The number of likely N-dealkylation sites (N-methyl/N-ethyl adjacent to an activating group) is 1. The van der Waals surface area contributed by atoms with Gasteiger partial charge in [0.2, 0.25) is 15.9 Å². The van der Waals surface area contributed by atoms with E-state index in [1.54, 1.807) is 18.2 Å². The smallest absolute Gasteiger partial charge is 0.240 e. The lowest BCUT2D eigenvalue weighted by Crippen LogP contribution is -2.33. The van der Waals surface area contributed by atoms with Crippen molar-refractivity contribution in [1.82, 2.24) is 9.62 Å². The number of carbonyl (C=O) groups is 1. The number of carbonyl (C=O) groups excluding carboxylic acids is 1. The van der Waals surface area contributed by atoms with E-state index in [9.17, 15) is 13.2 Å². The molecule has 154 valence electrons. The minimum absolute atomic E-state index is 0.166. The minimum Gasteiger partial charge on any atom is -0.312 e. The zero-order chi connectivity index (χ0) is 20.4. The summed E-state index contributed by atoms with van der Waals surface area (Å²) in [4.78, 5) is 16.5. The highest BCUT2D eigenvalue weighted by atomic mass is 32.2. The molecule has 1 amide bonds. The Morgan fingerprint density at radius 3 is 2.66 bits per heavy atom. The second-order valence-electron chi connectivity index (χ2n) is 7.93. The number of nitrogens with zero attached hydrogens (tertiary/aromatic N) is 2. The van der Waals surface area contributed by atoms with Gasteiger partial charge >= 0.3 is 0 Å². The molecule has 2 aliphatic rings. The van der Waals surface area contributed by atoms with Crippen LogP contribution in [0.2, 0.25) is 0 Å². The lowest BCUT2D eigenvalue weighted by Gasteiger charge is -2.18. The molecule has 1 aliphatic carbocycles. The number of nitrogens with one attached hydrogen (secondary N) is 1. The number of hydrogen-bond donors (Lipinski definition) is 1. The van der Waals surface area contributed by atoms with Gasteiger partial charge in [-0.15, -0.1) is 0 Å². The Bertz CT molecular complexity index is 988. The first-order valence-corrected chi connectivity index (χ1v) is 11.6. The molecule has 1 aliphatic heterocycles. The average molecular weight is 414 g/mol. The van der Waals surface area contributed by atoms with E-state index in [-0.39, 0.29) is 16.7 Å². The van der Waals surface area contributed by atoms with Crippen LogP contribution in [0.1, 0.15) is 24.0 Å². The van der Waals surface area contributed by atoms with Gasteiger partial charge in [0.1, 0.15) is 0 Å². The third-order valence-electron chi connectivity index (χ3n) is 5.53. The van der Waals surface area contributed by atoms with Crippen molar-refractivity contribution in [1.29, 1.82) is 0 Å². The van der Waals surface area contributed by atoms with E-state index in [1.165, 1.54) is 5.56 Å². The molecular formula is C22H27N3O3S. The fraction of sp³-hybridized carbons (Fsp3) is 0.409. The predicted molar refractivity (Wildman–Crippen MR) is 113 cm³/mol. The van der Waals surface area contributed by atoms with Gasteiger partial charge in [-0.1, -0.05) is 30.3 Å². The van der Waals surface area contributed by atoms with E-state index in [4.69, 9.17) is 0 Å². The fourth-order valence-corrected chi connectivity index (χ4v) is 4.82. The Kier molecular flexibility index (Phi) is 5.72. The summed E-state index contributed by atoms with van der Waals surface area (Å²) in [6, 6.07) is 15.2. The van der Waals surface area contributed by atoms with Crippen molar-refractivity contribution in [3.05, 3.63) is 59.7 Å². The molecule has 7 heteroatoms. The Labute approximate surface area is 172 Å². The molecule has 1 N–H and O–H groups in total. The summed E-state index contributed by atoms with van der Waals surface area (Å²) >= 11 is 0. The van der Waals surface area contributed by atoms with Crippen molar-refractivity contribution in [3.63, 3.8) is 0 Å². The Morgan fingerprint density at radius 2 is 1.93 bits per heavy atom. The SMILES string of the molecule is CN(CCNS(=O)(=O)c1ccc2c(c1)CCN2C(=O)C1CC1)Cc1ccccc1. The van der Waals surface area contributed by atoms with Gasteiger partial charge in [0.25, 0.3) is 0 Å². The van der Waals surface area contributed by atoms with Crippen LogP contribution in [0.3, 0.4) is 0 Å². The van der Waals surface area contributed by atoms with Crippen molar-refractivity contribution >= 4 is 21.6 Å². The van der Waals surface area contributed by atoms with E-state index in [0.717, 1.165) is 30.6 Å². The molecule has 1 heterocycles. The van der Waals surface area contributed by atoms with Crippen LogP contribution in [0.25, 0.3) is 0 Å². The largest absolute Gasteiger partial charge is 0.312 e. The first-order valence-electron chi connectivity index (χ1n) is 10.1. The third-order valence-corrected chi connectivity index (χ3v) is 6.99. The summed E-state index contributed by atoms with van der Waals surface area (Å²) in [6.45, 7) is 2.37. The highest BCUT2D eigenvalue weighted by molar-refractivity contribution is 7.89. The maximum Gasteiger partial charge on any atom is 0.240 e. The molecule has 2 aromatic rings. The lowest BCUT2D eigenvalue weighted by atomic mass is 10.2. The van der Waals surface area contributed by atoms with Gasteiger partial charge in [0.05, 0.1) is 4.90 Å². The summed E-state index contributed by atoms with van der Waals surface area (Å²) < 4.78 is 28.1. The van der Waals surface area contributed by atoms with Crippen molar-refractivity contribution < 1.29 is 13.2 Å². The molecule has 0 saturated heterocycles. The molecule has 6 nitrogen and oxygen atoms in total. The normalized spacial score (nSPS) is 16.3. The van der Waals surface area contributed by atoms with Crippen LogP contribution < -0.4 is 9.62 Å². The molecule has 4 rings (SSSR count). The molecule has 0 spiro atoms. The highest BCUT2D eigenvalue weighted by Crippen LogP contribution is 2.37. The molecule has 0 aromatic heterocycles. The summed E-state index contributed by atoms with van der Waals surface area (Å²) in [5.41, 5.74) is 2.99. The molecule has 0 atom stereocenters. The van der Waals surface area contributed by atoms with Gasteiger partial charge in [-0.25, -0.2) is 13.1 Å². The second-order valence-corrected chi connectivity index (χ2v) is 9.69. The standard InChI is InChI=1S/C22H27N3O3S/c1-24(16-17-5-3-2-4-6-17)14-12-23-29(27,28)20-9-10-21-19(15-20)11-13-25(21)22(26)18-7-8-18/h2-6,9-10,15,18,23H,7-8,11-14,16H2,1H3. The van der Waals surface area contributed by atoms with Crippen LogP contribution >= 0.6 is 0 Å². The summed E-state index contributed by atoms with van der Waals surface area (Å²) in [6.07, 6.45) is 2.65. The molecule has 0 radical (unpaired) electrons.